The molecule has 4 aromatic rings. The van der Waals surface area contributed by atoms with Crippen molar-refractivity contribution >= 4 is 32.3 Å². The maximum atomic E-state index is 13.3. The van der Waals surface area contributed by atoms with E-state index in [0.717, 1.165) is 56.8 Å². The maximum Gasteiger partial charge on any atom is 0.242 e. The Morgan fingerprint density at radius 1 is 1.02 bits per heavy atom. The third kappa shape index (κ3) is 6.13. The minimum absolute atomic E-state index is 0.0539. The van der Waals surface area contributed by atoms with Crippen LogP contribution in [0.5, 0.6) is 5.88 Å². The van der Waals surface area contributed by atoms with Gasteiger partial charge in [0.1, 0.15) is 0 Å². The van der Waals surface area contributed by atoms with E-state index in [0.29, 0.717) is 28.7 Å². The molecule has 0 saturated carbocycles. The molecule has 1 aliphatic heterocycles. The van der Waals surface area contributed by atoms with E-state index in [-0.39, 0.29) is 10.8 Å². The Bertz CT molecular complexity index is 1570. The highest BCUT2D eigenvalue weighted by molar-refractivity contribution is 7.89. The molecule has 9 heteroatoms. The minimum atomic E-state index is -3.69. The van der Waals surface area contributed by atoms with Crippen LogP contribution in [0.1, 0.15) is 36.5 Å². The fraction of sp³-hybridized carbons (Fsp3) is 0.323. The molecule has 40 heavy (non-hydrogen) atoms. The first kappa shape index (κ1) is 28.0. The topological polar surface area (TPSA) is 101 Å². The third-order valence-corrected chi connectivity index (χ3v) is 9.21. The Hall–Kier alpha value is -3.50. The van der Waals surface area contributed by atoms with Gasteiger partial charge in [-0.25, -0.2) is 17.7 Å². The first-order chi connectivity index (χ1) is 19.4. The van der Waals surface area contributed by atoms with Gasteiger partial charge in [0.25, 0.3) is 0 Å². The highest BCUT2D eigenvalue weighted by atomic mass is 32.2. The molecule has 210 valence electrons. The second-order valence-electron chi connectivity index (χ2n) is 10.3. The summed E-state index contributed by atoms with van der Waals surface area (Å²) in [5.41, 5.74) is 4.46. The molecule has 5 rings (SSSR count). The van der Waals surface area contributed by atoms with Gasteiger partial charge in [-0.05, 0) is 42.3 Å². The average molecular weight is 560 g/mol. The second-order valence-corrected chi connectivity index (χ2v) is 12.3. The van der Waals surface area contributed by atoms with E-state index in [2.05, 4.69) is 27.3 Å². The number of aromatic amines is 1. The molecule has 0 aliphatic carbocycles. The molecule has 1 aliphatic rings. The number of aliphatic imine (C=N–C) groups is 1. The summed E-state index contributed by atoms with van der Waals surface area (Å²) in [5, 5.41) is 15.1. The molecule has 1 fully saturated rings. The van der Waals surface area contributed by atoms with E-state index in [9.17, 15) is 13.5 Å². The number of benzene rings is 3. The molecular formula is C31H37N5O3S. The van der Waals surface area contributed by atoms with Gasteiger partial charge >= 0.3 is 0 Å². The van der Waals surface area contributed by atoms with E-state index in [4.69, 9.17) is 4.99 Å². The Morgan fingerprint density at radius 2 is 1.75 bits per heavy atom. The fourth-order valence-corrected chi connectivity index (χ4v) is 6.27. The lowest BCUT2D eigenvalue weighted by atomic mass is 10.0. The summed E-state index contributed by atoms with van der Waals surface area (Å²) in [7, 11) is -2.08. The quantitative estimate of drug-likeness (QED) is 0.241. The van der Waals surface area contributed by atoms with E-state index in [1.54, 1.807) is 25.2 Å². The first-order valence-corrected chi connectivity index (χ1v) is 15.3. The summed E-state index contributed by atoms with van der Waals surface area (Å²) in [6, 6.07) is 22.7. The van der Waals surface area contributed by atoms with Crippen molar-refractivity contribution in [2.75, 3.05) is 39.8 Å². The molecule has 2 heterocycles. The van der Waals surface area contributed by atoms with E-state index in [1.807, 2.05) is 49.4 Å². The van der Waals surface area contributed by atoms with Crippen LogP contribution in [0.4, 0.5) is 5.69 Å². The van der Waals surface area contributed by atoms with Crippen molar-refractivity contribution in [2.45, 2.75) is 31.2 Å². The number of aromatic nitrogens is 1. The summed E-state index contributed by atoms with van der Waals surface area (Å²) in [6.07, 6.45) is 1.69. The number of sulfonamides is 1. The predicted molar refractivity (Wildman–Crippen MR) is 161 cm³/mol. The van der Waals surface area contributed by atoms with Crippen LogP contribution < -0.4 is 5.32 Å². The second kappa shape index (κ2) is 12.3. The van der Waals surface area contributed by atoms with Gasteiger partial charge in [-0.3, -0.25) is 4.90 Å². The number of piperazine rings is 1. The Kier molecular flexibility index (Phi) is 8.66. The van der Waals surface area contributed by atoms with Crippen molar-refractivity contribution in [3.05, 3.63) is 89.5 Å². The summed E-state index contributed by atoms with van der Waals surface area (Å²) >= 11 is 0. The highest BCUT2D eigenvalue weighted by Gasteiger charge is 2.24. The van der Waals surface area contributed by atoms with E-state index >= 15 is 0 Å². The lowest BCUT2D eigenvalue weighted by molar-refractivity contribution is 0.233. The normalized spacial score (nSPS) is 15.2. The molecule has 0 atom stereocenters. The number of nitrogens with one attached hydrogen (secondary N) is 2. The molecule has 3 N–H and O–H groups in total. The van der Waals surface area contributed by atoms with Crippen LogP contribution in [-0.2, 0) is 16.6 Å². The largest absolute Gasteiger partial charge is 0.494 e. The van der Waals surface area contributed by atoms with Crippen LogP contribution in [0, 0.1) is 0 Å². The number of rotatable bonds is 10. The lowest BCUT2D eigenvalue weighted by Crippen LogP contribution is -2.42. The van der Waals surface area contributed by atoms with Crippen molar-refractivity contribution in [1.29, 1.82) is 0 Å². The molecule has 0 radical (unpaired) electrons. The first-order valence-electron chi connectivity index (χ1n) is 13.8. The molecule has 8 nitrogen and oxygen atoms in total. The summed E-state index contributed by atoms with van der Waals surface area (Å²) in [6.45, 7) is 7.46. The van der Waals surface area contributed by atoms with Gasteiger partial charge in [-0.15, -0.1) is 0 Å². The number of aromatic hydroxyl groups is 1. The van der Waals surface area contributed by atoms with E-state index < -0.39 is 10.0 Å². The van der Waals surface area contributed by atoms with Gasteiger partial charge in [-0.2, -0.15) is 0 Å². The number of unbranched alkanes of at least 4 members (excludes halogenated alkanes) is 1. The SMILES string of the molecule is CCCCN(C)S(=O)(=O)c1ccc2[nH]c(O)c(C(=Nc3ccc(CN4CCNCC4)cc3)c3ccccc3)c2c1. The summed E-state index contributed by atoms with van der Waals surface area (Å²) in [4.78, 5) is 10.6. The molecule has 1 saturated heterocycles. The van der Waals surface area contributed by atoms with E-state index in [1.165, 1.54) is 9.87 Å². The van der Waals surface area contributed by atoms with Crippen LogP contribution in [0.25, 0.3) is 10.9 Å². The monoisotopic (exact) mass is 559 g/mol. The van der Waals surface area contributed by atoms with Crippen molar-refractivity contribution in [3.8, 4) is 5.88 Å². The standard InChI is InChI=1S/C31H37N5O3S/c1-3-4-18-35(2)40(38,39)26-14-15-28-27(21-26)29(31(37)34-28)30(24-8-6-5-7-9-24)33-25-12-10-23(11-13-25)22-36-19-16-32-17-20-36/h5-15,21,32,34,37H,3-4,16-20,22H2,1-2H3. The molecule has 0 spiro atoms. The third-order valence-electron chi connectivity index (χ3n) is 7.36. The molecule has 0 bridgehead atoms. The lowest BCUT2D eigenvalue weighted by Gasteiger charge is -2.27. The van der Waals surface area contributed by atoms with Crippen molar-refractivity contribution in [2.24, 2.45) is 4.99 Å². The zero-order valence-corrected chi connectivity index (χ0v) is 23.9. The predicted octanol–water partition coefficient (Wildman–Crippen LogP) is 4.87. The summed E-state index contributed by atoms with van der Waals surface area (Å²) < 4.78 is 28.0. The number of fused-ring (bicyclic) bond motifs is 1. The van der Waals surface area contributed by atoms with Gasteiger partial charge in [0.05, 0.1) is 21.9 Å². The maximum absolute atomic E-state index is 13.3. The number of hydrogen-bond donors (Lipinski definition) is 3. The smallest absolute Gasteiger partial charge is 0.242 e. The zero-order chi connectivity index (χ0) is 28.1. The van der Waals surface area contributed by atoms with Crippen LogP contribution in [-0.4, -0.2) is 73.2 Å². The molecule has 1 aromatic heterocycles. The number of H-pyrrole nitrogens is 1. The fourth-order valence-electron chi connectivity index (χ4n) is 5.03. The van der Waals surface area contributed by atoms with Crippen molar-refractivity contribution in [3.63, 3.8) is 0 Å². The molecule has 0 unspecified atom stereocenters. The van der Waals surface area contributed by atoms with Crippen molar-refractivity contribution < 1.29 is 13.5 Å². The van der Waals surface area contributed by atoms with Crippen LogP contribution >= 0.6 is 0 Å². The van der Waals surface area contributed by atoms with Crippen molar-refractivity contribution in [1.82, 2.24) is 19.5 Å². The molecule has 0 amide bonds. The van der Waals surface area contributed by atoms with Crippen LogP contribution in [0.2, 0.25) is 0 Å². The minimum Gasteiger partial charge on any atom is -0.494 e. The van der Waals surface area contributed by atoms with Gasteiger partial charge in [-0.1, -0.05) is 55.8 Å². The van der Waals surface area contributed by atoms with Gasteiger partial charge in [0.2, 0.25) is 10.0 Å². The van der Waals surface area contributed by atoms with Crippen LogP contribution in [0.3, 0.4) is 0 Å². The number of hydrogen-bond acceptors (Lipinski definition) is 6. The summed E-state index contributed by atoms with van der Waals surface area (Å²) in [5.74, 6) is -0.0539. The Labute approximate surface area is 236 Å². The molecule has 3 aromatic carbocycles. The zero-order valence-electron chi connectivity index (χ0n) is 23.1. The Morgan fingerprint density at radius 3 is 2.45 bits per heavy atom. The highest BCUT2D eigenvalue weighted by Crippen LogP contribution is 2.33. The van der Waals surface area contributed by atoms with Crippen LogP contribution in [0.15, 0.2) is 82.7 Å². The Balaban J connectivity index is 1.55. The number of nitrogens with zero attached hydrogens (tertiary/aromatic N) is 3. The molecular weight excluding hydrogens is 522 g/mol. The average Bonchev–Trinajstić information content (AvgIpc) is 3.31. The van der Waals surface area contributed by atoms with Gasteiger partial charge in [0, 0.05) is 62.8 Å². The van der Waals surface area contributed by atoms with Gasteiger partial charge < -0.3 is 15.4 Å². The van der Waals surface area contributed by atoms with Gasteiger partial charge in [0.15, 0.2) is 5.88 Å².